The first-order chi connectivity index (χ1) is 9.64. The summed E-state index contributed by atoms with van der Waals surface area (Å²) in [7, 11) is 1.58. The number of methoxy groups -OCH3 is 1. The van der Waals surface area contributed by atoms with E-state index >= 15 is 0 Å². The van der Waals surface area contributed by atoms with Gasteiger partial charge in [0.1, 0.15) is 6.10 Å². The van der Waals surface area contributed by atoms with Crippen LogP contribution in [0.25, 0.3) is 0 Å². The van der Waals surface area contributed by atoms with Gasteiger partial charge in [-0.2, -0.15) is 0 Å². The van der Waals surface area contributed by atoms with E-state index in [1.807, 2.05) is 13.0 Å². The maximum absolute atomic E-state index is 9.64. The molecule has 1 rings (SSSR count). The second kappa shape index (κ2) is 7.34. The van der Waals surface area contributed by atoms with Crippen LogP contribution in [0.15, 0.2) is 12.1 Å². The minimum atomic E-state index is -0.575. The Bertz CT molecular complexity index is 469. The van der Waals surface area contributed by atoms with Gasteiger partial charge in [0.05, 0.1) is 13.2 Å². The van der Waals surface area contributed by atoms with Crippen LogP contribution < -0.4 is 14.8 Å². The molecular formula is C16H26ClNO3. The largest absolute Gasteiger partial charge is 0.493 e. The van der Waals surface area contributed by atoms with Crippen molar-refractivity contribution in [3.05, 3.63) is 22.7 Å². The number of benzene rings is 1. The van der Waals surface area contributed by atoms with Gasteiger partial charge in [-0.15, -0.1) is 0 Å². The van der Waals surface area contributed by atoms with E-state index in [4.69, 9.17) is 21.1 Å². The van der Waals surface area contributed by atoms with Gasteiger partial charge in [0, 0.05) is 28.7 Å². The molecule has 4 nitrogen and oxygen atoms in total. The highest BCUT2D eigenvalue weighted by Crippen LogP contribution is 2.36. The van der Waals surface area contributed by atoms with Crippen LogP contribution in [0.1, 0.15) is 40.2 Å². The normalized spacial score (nSPS) is 14.7. The molecule has 0 spiro atoms. The molecule has 0 aliphatic carbocycles. The third-order valence-corrected chi connectivity index (χ3v) is 3.33. The van der Waals surface area contributed by atoms with Crippen LogP contribution in [0.5, 0.6) is 11.5 Å². The van der Waals surface area contributed by atoms with Crippen LogP contribution in [0.4, 0.5) is 0 Å². The Kier molecular flexibility index (Phi) is 6.32. The van der Waals surface area contributed by atoms with Crippen molar-refractivity contribution in [2.75, 3.05) is 7.11 Å². The van der Waals surface area contributed by atoms with E-state index in [9.17, 15) is 5.11 Å². The third kappa shape index (κ3) is 5.73. The molecule has 0 bridgehead atoms. The SMILES string of the molecule is COc1cc(Cl)cc(CNC(C)(C)C)c1OC(C)C(C)O. The lowest BCUT2D eigenvalue weighted by Gasteiger charge is -2.25. The number of rotatable bonds is 6. The van der Waals surface area contributed by atoms with Crippen molar-refractivity contribution in [3.8, 4) is 11.5 Å². The minimum absolute atomic E-state index is 0.0251. The Morgan fingerprint density at radius 2 is 1.90 bits per heavy atom. The van der Waals surface area contributed by atoms with Gasteiger partial charge in [0.2, 0.25) is 0 Å². The molecule has 0 fully saturated rings. The number of hydrogen-bond acceptors (Lipinski definition) is 4. The summed E-state index contributed by atoms with van der Waals surface area (Å²) in [5.74, 6) is 1.19. The Labute approximate surface area is 132 Å². The first-order valence-corrected chi connectivity index (χ1v) is 7.48. The lowest BCUT2D eigenvalue weighted by atomic mass is 10.1. The average molecular weight is 316 g/mol. The first kappa shape index (κ1) is 18.1. The third-order valence-electron chi connectivity index (χ3n) is 3.11. The molecule has 2 N–H and O–H groups in total. The van der Waals surface area contributed by atoms with E-state index in [0.29, 0.717) is 23.1 Å². The monoisotopic (exact) mass is 315 g/mol. The molecular weight excluding hydrogens is 290 g/mol. The molecule has 0 amide bonds. The van der Waals surface area contributed by atoms with Crippen LogP contribution in [0.2, 0.25) is 5.02 Å². The zero-order valence-corrected chi connectivity index (χ0v) is 14.4. The second-order valence-electron chi connectivity index (χ2n) is 6.26. The van der Waals surface area contributed by atoms with Gasteiger partial charge >= 0.3 is 0 Å². The zero-order valence-electron chi connectivity index (χ0n) is 13.7. The van der Waals surface area contributed by atoms with E-state index in [0.717, 1.165) is 5.56 Å². The molecule has 0 aliphatic heterocycles. The van der Waals surface area contributed by atoms with Gasteiger partial charge in [-0.1, -0.05) is 11.6 Å². The highest BCUT2D eigenvalue weighted by molar-refractivity contribution is 6.30. The highest BCUT2D eigenvalue weighted by Gasteiger charge is 2.19. The number of nitrogens with one attached hydrogen (secondary N) is 1. The summed E-state index contributed by atoms with van der Waals surface area (Å²) in [6, 6.07) is 3.57. The van der Waals surface area contributed by atoms with Crippen LogP contribution in [-0.4, -0.2) is 30.0 Å². The van der Waals surface area contributed by atoms with Gasteiger partial charge in [-0.3, -0.25) is 0 Å². The van der Waals surface area contributed by atoms with Crippen LogP contribution in [0.3, 0.4) is 0 Å². The van der Waals surface area contributed by atoms with Crippen LogP contribution in [-0.2, 0) is 6.54 Å². The standard InChI is InChI=1S/C16H26ClNO3/c1-10(19)11(2)21-15-12(9-18-16(3,4)5)7-13(17)8-14(15)20-6/h7-8,10-11,18-19H,9H2,1-6H3. The molecule has 0 radical (unpaired) electrons. The lowest BCUT2D eigenvalue weighted by Crippen LogP contribution is -2.35. The summed E-state index contributed by atoms with van der Waals surface area (Å²) in [6.45, 7) is 10.4. The lowest BCUT2D eigenvalue weighted by molar-refractivity contribution is 0.0578. The quantitative estimate of drug-likeness (QED) is 0.845. The topological polar surface area (TPSA) is 50.7 Å². The minimum Gasteiger partial charge on any atom is -0.493 e. The summed E-state index contributed by atoms with van der Waals surface area (Å²) >= 11 is 6.14. The molecule has 1 aromatic rings. The first-order valence-electron chi connectivity index (χ1n) is 7.10. The predicted molar refractivity (Wildman–Crippen MR) is 86.4 cm³/mol. The van der Waals surface area contributed by atoms with Gasteiger partial charge in [0.15, 0.2) is 11.5 Å². The summed E-state index contributed by atoms with van der Waals surface area (Å²) in [4.78, 5) is 0. The highest BCUT2D eigenvalue weighted by atomic mass is 35.5. The number of halogens is 1. The van der Waals surface area contributed by atoms with E-state index < -0.39 is 6.10 Å². The Morgan fingerprint density at radius 1 is 1.29 bits per heavy atom. The van der Waals surface area contributed by atoms with Crippen molar-refractivity contribution in [2.45, 2.75) is 58.9 Å². The van der Waals surface area contributed by atoms with Crippen molar-refractivity contribution in [2.24, 2.45) is 0 Å². The molecule has 5 heteroatoms. The molecule has 0 aliphatic rings. The fourth-order valence-corrected chi connectivity index (χ4v) is 1.91. The summed E-state index contributed by atoms with van der Waals surface area (Å²) in [6.07, 6.45) is -0.915. The molecule has 0 saturated carbocycles. The van der Waals surface area contributed by atoms with Crippen LogP contribution in [0, 0.1) is 0 Å². The van der Waals surface area contributed by atoms with E-state index in [-0.39, 0.29) is 11.6 Å². The summed E-state index contributed by atoms with van der Waals surface area (Å²) < 4.78 is 11.2. The van der Waals surface area contributed by atoms with Crippen molar-refractivity contribution >= 4 is 11.6 Å². The van der Waals surface area contributed by atoms with Crippen molar-refractivity contribution < 1.29 is 14.6 Å². The molecule has 0 heterocycles. The van der Waals surface area contributed by atoms with Crippen molar-refractivity contribution in [1.29, 1.82) is 0 Å². The molecule has 21 heavy (non-hydrogen) atoms. The number of aliphatic hydroxyl groups excluding tert-OH is 1. The molecule has 2 atom stereocenters. The van der Waals surface area contributed by atoms with Gasteiger partial charge in [-0.05, 0) is 40.7 Å². The second-order valence-corrected chi connectivity index (χ2v) is 6.70. The molecule has 1 aromatic carbocycles. The van der Waals surface area contributed by atoms with Gasteiger partial charge in [-0.25, -0.2) is 0 Å². The van der Waals surface area contributed by atoms with Crippen molar-refractivity contribution in [1.82, 2.24) is 5.32 Å². The number of ether oxygens (including phenoxy) is 2. The average Bonchev–Trinajstić information content (AvgIpc) is 2.37. The Balaban J connectivity index is 3.11. The van der Waals surface area contributed by atoms with Crippen molar-refractivity contribution in [3.63, 3.8) is 0 Å². The summed E-state index contributed by atoms with van der Waals surface area (Å²) in [5.41, 5.74) is 0.879. The number of aliphatic hydroxyl groups is 1. The Morgan fingerprint density at radius 3 is 2.38 bits per heavy atom. The molecule has 120 valence electrons. The van der Waals surface area contributed by atoms with Crippen LogP contribution >= 0.6 is 11.6 Å². The number of hydrogen-bond donors (Lipinski definition) is 2. The Hall–Kier alpha value is -0.970. The fraction of sp³-hybridized carbons (Fsp3) is 0.625. The van der Waals surface area contributed by atoms with Gasteiger partial charge < -0.3 is 19.9 Å². The smallest absolute Gasteiger partial charge is 0.166 e. The predicted octanol–water partition coefficient (Wildman–Crippen LogP) is 3.38. The van der Waals surface area contributed by atoms with E-state index in [1.165, 1.54) is 0 Å². The van der Waals surface area contributed by atoms with E-state index in [1.54, 1.807) is 20.1 Å². The van der Waals surface area contributed by atoms with Gasteiger partial charge in [0.25, 0.3) is 0 Å². The maximum Gasteiger partial charge on any atom is 0.166 e. The maximum atomic E-state index is 9.64. The molecule has 0 saturated heterocycles. The molecule has 2 unspecified atom stereocenters. The zero-order chi connectivity index (χ0) is 16.2. The fourth-order valence-electron chi connectivity index (χ4n) is 1.68. The van der Waals surface area contributed by atoms with E-state index in [2.05, 4.69) is 26.1 Å². The summed E-state index contributed by atoms with van der Waals surface area (Å²) in [5, 5.41) is 13.6. The molecule has 0 aromatic heterocycles.